The Hall–Kier alpha value is -3.75. The molecule has 0 spiro atoms. The molecule has 6 rings (SSSR count). The number of phenols is 1. The Kier molecular flexibility index (Phi) is 7.79. The van der Waals surface area contributed by atoms with Gasteiger partial charge < -0.3 is 29.5 Å². The molecule has 230 valence electrons. The number of phenolic OH excluding ortho intramolecular Hbond substituents is 1. The van der Waals surface area contributed by atoms with E-state index in [2.05, 4.69) is 20.8 Å². The lowest BCUT2D eigenvalue weighted by atomic mass is 9.92. The van der Waals surface area contributed by atoms with Gasteiger partial charge >= 0.3 is 6.01 Å². The van der Waals surface area contributed by atoms with Crippen LogP contribution in [-0.4, -0.2) is 84.2 Å². The molecule has 3 aromatic carbocycles. The summed E-state index contributed by atoms with van der Waals surface area (Å²) in [6, 6.07) is 7.47. The van der Waals surface area contributed by atoms with E-state index in [0.29, 0.717) is 29.5 Å². The number of benzene rings is 3. The van der Waals surface area contributed by atoms with E-state index in [1.54, 1.807) is 30.0 Å². The first-order chi connectivity index (χ1) is 20.9. The Labute approximate surface area is 259 Å². The summed E-state index contributed by atoms with van der Waals surface area (Å²) >= 11 is 6.55. The number of ether oxygens (including phenoxy) is 2. The highest BCUT2D eigenvalue weighted by atomic mass is 35.5. The van der Waals surface area contributed by atoms with Gasteiger partial charge in [0.1, 0.15) is 28.5 Å². The lowest BCUT2D eigenvalue weighted by molar-refractivity contribution is -0.0123. The SMILES string of the molecule is C#Cc1cccc2cc(O)c(Cl)c(-c3c(F)cc4c(N5CCOCC(C)(O)C5)nc(OCC5(CN(C)C)CC5)nc4c3F)c12. The van der Waals surface area contributed by atoms with E-state index < -0.39 is 22.8 Å². The highest BCUT2D eigenvalue weighted by Gasteiger charge is 2.44. The van der Waals surface area contributed by atoms with Crippen molar-refractivity contribution in [3.63, 3.8) is 0 Å². The summed E-state index contributed by atoms with van der Waals surface area (Å²) in [6.07, 6.45) is 7.71. The maximum absolute atomic E-state index is 16.8. The lowest BCUT2D eigenvalue weighted by Gasteiger charge is -2.29. The molecule has 1 saturated carbocycles. The molecule has 1 saturated heterocycles. The zero-order chi connectivity index (χ0) is 31.4. The number of terminal acetylenes is 1. The fourth-order valence-electron chi connectivity index (χ4n) is 6.06. The first kappa shape index (κ1) is 30.3. The van der Waals surface area contributed by atoms with Gasteiger partial charge in [-0.25, -0.2) is 8.78 Å². The summed E-state index contributed by atoms with van der Waals surface area (Å²) in [4.78, 5) is 12.9. The molecule has 2 fully saturated rings. The van der Waals surface area contributed by atoms with Crippen molar-refractivity contribution in [2.45, 2.75) is 25.4 Å². The Bertz CT molecular complexity index is 1820. The van der Waals surface area contributed by atoms with Crippen LogP contribution in [0.2, 0.25) is 5.02 Å². The smallest absolute Gasteiger partial charge is 0.319 e. The third-order valence-corrected chi connectivity index (χ3v) is 8.58. The standard InChI is InChI=1S/C33H33ClF2N4O4/c1-5-19-7-6-8-20-13-23(41)27(34)26(24(19)20)25-22(35)14-21-29(28(25)36)37-31(44-18-33(9-10-33)16-39(3)4)38-30(21)40-11-12-43-17-32(2,42)15-40/h1,6-8,13-14,41-42H,9-12,15-18H2,2-4H3. The van der Waals surface area contributed by atoms with Crippen molar-refractivity contribution in [1.29, 1.82) is 0 Å². The van der Waals surface area contributed by atoms with Crippen LogP contribution in [0.5, 0.6) is 11.8 Å². The number of aromatic nitrogens is 2. The number of β-amino-alcohol motifs (C(OH)–C–C–N with tert-alkyl or cyclic N) is 1. The van der Waals surface area contributed by atoms with Crippen LogP contribution in [0.15, 0.2) is 30.3 Å². The summed E-state index contributed by atoms with van der Waals surface area (Å²) in [5.41, 5.74) is -1.71. The molecule has 1 aliphatic heterocycles. The number of nitrogens with zero attached hydrogens (tertiary/aromatic N) is 4. The monoisotopic (exact) mass is 622 g/mol. The van der Waals surface area contributed by atoms with Crippen molar-refractivity contribution in [2.75, 3.05) is 58.5 Å². The normalized spacial score (nSPS) is 19.8. The van der Waals surface area contributed by atoms with Crippen molar-refractivity contribution < 1.29 is 28.5 Å². The molecule has 0 radical (unpaired) electrons. The zero-order valence-electron chi connectivity index (χ0n) is 24.8. The molecular formula is C33H33ClF2N4O4. The average Bonchev–Trinajstić information content (AvgIpc) is 3.76. The Balaban J connectivity index is 1.58. The van der Waals surface area contributed by atoms with Crippen molar-refractivity contribution in [3.8, 4) is 35.2 Å². The summed E-state index contributed by atoms with van der Waals surface area (Å²) in [7, 11) is 3.98. The number of aromatic hydroxyl groups is 1. The molecule has 2 N–H and O–H groups in total. The van der Waals surface area contributed by atoms with Gasteiger partial charge in [-0.3, -0.25) is 0 Å². The molecule has 4 aromatic rings. The number of aliphatic hydroxyl groups is 1. The van der Waals surface area contributed by atoms with Gasteiger partial charge in [-0.15, -0.1) is 6.42 Å². The van der Waals surface area contributed by atoms with E-state index in [1.165, 1.54) is 6.07 Å². The lowest BCUT2D eigenvalue weighted by Crippen LogP contribution is -2.42. The van der Waals surface area contributed by atoms with Gasteiger partial charge in [0.15, 0.2) is 5.82 Å². The van der Waals surface area contributed by atoms with Crippen LogP contribution in [0.3, 0.4) is 0 Å². The van der Waals surface area contributed by atoms with Gasteiger partial charge in [-0.05, 0) is 57.4 Å². The fourth-order valence-corrected chi connectivity index (χ4v) is 6.31. The van der Waals surface area contributed by atoms with E-state index in [1.807, 2.05) is 14.1 Å². The molecule has 0 amide bonds. The van der Waals surface area contributed by atoms with Crippen LogP contribution >= 0.6 is 11.6 Å². The van der Waals surface area contributed by atoms with E-state index in [4.69, 9.17) is 27.5 Å². The first-order valence-corrected chi connectivity index (χ1v) is 14.7. The third-order valence-electron chi connectivity index (χ3n) is 8.20. The highest BCUT2D eigenvalue weighted by molar-refractivity contribution is 6.37. The number of hydrogen-bond donors (Lipinski definition) is 2. The van der Waals surface area contributed by atoms with Gasteiger partial charge in [0.05, 0.1) is 37.0 Å². The van der Waals surface area contributed by atoms with Crippen molar-refractivity contribution in [3.05, 3.63) is 52.6 Å². The second-order valence-electron chi connectivity index (χ2n) is 12.4. The average molecular weight is 623 g/mol. The van der Waals surface area contributed by atoms with Crippen LogP contribution in [0, 0.1) is 29.4 Å². The summed E-state index contributed by atoms with van der Waals surface area (Å²) in [5, 5.41) is 22.2. The zero-order valence-corrected chi connectivity index (χ0v) is 25.5. The fraction of sp³-hybridized carbons (Fsp3) is 0.394. The Morgan fingerprint density at radius 1 is 1.20 bits per heavy atom. The summed E-state index contributed by atoms with van der Waals surface area (Å²) in [5.74, 6) is 0.442. The van der Waals surface area contributed by atoms with Crippen LogP contribution in [0.25, 0.3) is 32.8 Å². The predicted molar refractivity (Wildman–Crippen MR) is 166 cm³/mol. The number of anilines is 1. The van der Waals surface area contributed by atoms with Crippen molar-refractivity contribution in [1.82, 2.24) is 14.9 Å². The van der Waals surface area contributed by atoms with Crippen molar-refractivity contribution >= 4 is 39.1 Å². The largest absolute Gasteiger partial charge is 0.506 e. The van der Waals surface area contributed by atoms with Gasteiger partial charge in [0.25, 0.3) is 0 Å². The summed E-state index contributed by atoms with van der Waals surface area (Å²) < 4.78 is 44.8. The Morgan fingerprint density at radius 3 is 2.68 bits per heavy atom. The minimum atomic E-state index is -1.24. The minimum Gasteiger partial charge on any atom is -0.506 e. The Morgan fingerprint density at radius 2 is 1.98 bits per heavy atom. The van der Waals surface area contributed by atoms with Gasteiger partial charge in [-0.2, -0.15) is 9.97 Å². The number of fused-ring (bicyclic) bond motifs is 2. The quantitative estimate of drug-likeness (QED) is 0.266. The molecule has 44 heavy (non-hydrogen) atoms. The molecule has 1 atom stereocenters. The molecular weight excluding hydrogens is 590 g/mol. The molecule has 2 aliphatic rings. The molecule has 1 aromatic heterocycles. The van der Waals surface area contributed by atoms with Crippen LogP contribution in [0.4, 0.5) is 14.6 Å². The maximum atomic E-state index is 16.8. The molecule has 0 bridgehead atoms. The first-order valence-electron chi connectivity index (χ1n) is 14.4. The molecule has 2 heterocycles. The highest BCUT2D eigenvalue weighted by Crippen LogP contribution is 2.47. The maximum Gasteiger partial charge on any atom is 0.319 e. The molecule has 11 heteroatoms. The van der Waals surface area contributed by atoms with E-state index in [0.717, 1.165) is 25.5 Å². The second-order valence-corrected chi connectivity index (χ2v) is 12.8. The predicted octanol–water partition coefficient (Wildman–Crippen LogP) is 5.38. The van der Waals surface area contributed by atoms with Crippen LogP contribution < -0.4 is 9.64 Å². The number of halogens is 3. The van der Waals surface area contributed by atoms with Crippen molar-refractivity contribution in [2.24, 2.45) is 5.41 Å². The molecule has 1 unspecified atom stereocenters. The molecule has 8 nitrogen and oxygen atoms in total. The molecule has 1 aliphatic carbocycles. The van der Waals surface area contributed by atoms with Gasteiger partial charge in [0.2, 0.25) is 0 Å². The van der Waals surface area contributed by atoms with Crippen LogP contribution in [-0.2, 0) is 4.74 Å². The topological polar surface area (TPSA) is 91.2 Å². The third kappa shape index (κ3) is 5.61. The van der Waals surface area contributed by atoms with E-state index in [-0.39, 0.29) is 64.2 Å². The second kappa shape index (κ2) is 11.3. The number of hydrogen-bond acceptors (Lipinski definition) is 8. The minimum absolute atomic E-state index is 0.0613. The number of rotatable bonds is 7. The summed E-state index contributed by atoms with van der Waals surface area (Å²) in [6.45, 7) is 3.53. The van der Waals surface area contributed by atoms with E-state index >= 15 is 8.78 Å². The van der Waals surface area contributed by atoms with Crippen LogP contribution in [0.1, 0.15) is 25.3 Å². The van der Waals surface area contributed by atoms with Gasteiger partial charge in [-0.1, -0.05) is 29.7 Å². The van der Waals surface area contributed by atoms with Gasteiger partial charge in [0, 0.05) is 40.4 Å². The van der Waals surface area contributed by atoms with E-state index in [9.17, 15) is 10.2 Å².